The van der Waals surface area contributed by atoms with E-state index in [0.29, 0.717) is 18.9 Å². The summed E-state index contributed by atoms with van der Waals surface area (Å²) in [4.78, 5) is 15.7. The zero-order chi connectivity index (χ0) is 15.5. The first-order valence-corrected chi connectivity index (χ1v) is 6.70. The van der Waals surface area contributed by atoms with Crippen LogP contribution in [-0.2, 0) is 12.0 Å². The Hall–Kier alpha value is -2.44. The van der Waals surface area contributed by atoms with Gasteiger partial charge in [-0.3, -0.25) is 4.68 Å². The van der Waals surface area contributed by atoms with Gasteiger partial charge in [0.2, 0.25) is 0 Å². The molecule has 2 N–H and O–H groups in total. The lowest BCUT2D eigenvalue weighted by Crippen LogP contribution is -2.18. The van der Waals surface area contributed by atoms with Crippen molar-refractivity contribution in [3.8, 4) is 0 Å². The number of nitrogens with zero attached hydrogens (tertiary/aromatic N) is 4. The summed E-state index contributed by atoms with van der Waals surface area (Å²) >= 11 is 0. The van der Waals surface area contributed by atoms with E-state index in [4.69, 9.17) is 0 Å². The van der Waals surface area contributed by atoms with Crippen LogP contribution in [0, 0.1) is 0 Å². The van der Waals surface area contributed by atoms with Crippen LogP contribution in [0.15, 0.2) is 24.5 Å². The van der Waals surface area contributed by atoms with Gasteiger partial charge in [-0.15, -0.1) is 5.10 Å². The molecule has 0 bridgehead atoms. The Kier molecular flexibility index (Phi) is 4.21. The van der Waals surface area contributed by atoms with Crippen molar-refractivity contribution in [2.24, 2.45) is 0 Å². The van der Waals surface area contributed by atoms with Gasteiger partial charge in [0.1, 0.15) is 5.82 Å². The van der Waals surface area contributed by atoms with E-state index in [2.05, 4.69) is 20.6 Å². The SMILES string of the molecule is CC(C)(C)c1cc(C(=O)O)cc(NCCn2ccnn2)n1. The molecule has 0 unspecified atom stereocenters. The van der Waals surface area contributed by atoms with Gasteiger partial charge in [-0.1, -0.05) is 26.0 Å². The third-order valence-electron chi connectivity index (χ3n) is 2.96. The van der Waals surface area contributed by atoms with E-state index >= 15 is 0 Å². The normalized spacial score (nSPS) is 11.4. The summed E-state index contributed by atoms with van der Waals surface area (Å²) in [5.41, 5.74) is 0.761. The first-order valence-electron chi connectivity index (χ1n) is 6.70. The molecule has 2 aromatic rings. The van der Waals surface area contributed by atoms with Gasteiger partial charge >= 0.3 is 5.97 Å². The second-order valence-corrected chi connectivity index (χ2v) is 5.77. The number of carboxylic acids is 1. The fourth-order valence-electron chi connectivity index (χ4n) is 1.78. The fourth-order valence-corrected chi connectivity index (χ4v) is 1.78. The maximum absolute atomic E-state index is 11.2. The van der Waals surface area contributed by atoms with Crippen molar-refractivity contribution >= 4 is 11.8 Å². The van der Waals surface area contributed by atoms with Crippen LogP contribution in [0.25, 0.3) is 0 Å². The zero-order valence-electron chi connectivity index (χ0n) is 12.4. The van der Waals surface area contributed by atoms with Crippen LogP contribution >= 0.6 is 0 Å². The topological polar surface area (TPSA) is 92.9 Å². The molecule has 2 aromatic heterocycles. The highest BCUT2D eigenvalue weighted by molar-refractivity contribution is 5.88. The van der Waals surface area contributed by atoms with Crippen molar-refractivity contribution in [3.05, 3.63) is 35.8 Å². The molecule has 0 aliphatic heterocycles. The Morgan fingerprint density at radius 1 is 1.38 bits per heavy atom. The molecule has 0 saturated carbocycles. The van der Waals surface area contributed by atoms with Gasteiger partial charge in [-0.05, 0) is 12.1 Å². The minimum Gasteiger partial charge on any atom is -0.478 e. The van der Waals surface area contributed by atoms with Crippen LogP contribution in [0.4, 0.5) is 5.82 Å². The number of rotatable bonds is 5. The van der Waals surface area contributed by atoms with E-state index in [1.165, 1.54) is 0 Å². The van der Waals surface area contributed by atoms with Gasteiger partial charge in [0, 0.05) is 23.9 Å². The average molecular weight is 289 g/mol. The molecule has 0 amide bonds. The van der Waals surface area contributed by atoms with Gasteiger partial charge in [-0.2, -0.15) is 0 Å². The van der Waals surface area contributed by atoms with Crippen LogP contribution in [0.3, 0.4) is 0 Å². The number of anilines is 1. The van der Waals surface area contributed by atoms with Crippen molar-refractivity contribution < 1.29 is 9.90 Å². The molecular weight excluding hydrogens is 270 g/mol. The monoisotopic (exact) mass is 289 g/mol. The minimum absolute atomic E-state index is 0.214. The number of carboxylic acid groups (broad SMARTS) is 1. The van der Waals surface area contributed by atoms with Crippen molar-refractivity contribution in [2.45, 2.75) is 32.7 Å². The van der Waals surface area contributed by atoms with Gasteiger partial charge in [0.25, 0.3) is 0 Å². The van der Waals surface area contributed by atoms with Crippen molar-refractivity contribution in [1.82, 2.24) is 20.0 Å². The molecule has 2 heterocycles. The van der Waals surface area contributed by atoms with E-state index in [0.717, 1.165) is 5.69 Å². The molecule has 0 aromatic carbocycles. The first kappa shape index (κ1) is 15.0. The standard InChI is InChI=1S/C14H19N5O2/c1-14(2,3)11-8-10(13(20)21)9-12(17-11)15-4-6-19-7-5-16-18-19/h5,7-9H,4,6H2,1-3H3,(H,15,17)(H,20,21). The van der Waals surface area contributed by atoms with Gasteiger partial charge in [-0.25, -0.2) is 9.78 Å². The Balaban J connectivity index is 2.14. The van der Waals surface area contributed by atoms with E-state index < -0.39 is 5.97 Å². The van der Waals surface area contributed by atoms with Crippen LogP contribution in [0.5, 0.6) is 0 Å². The number of carbonyl (C=O) groups is 1. The largest absolute Gasteiger partial charge is 0.478 e. The molecule has 0 saturated heterocycles. The quantitative estimate of drug-likeness (QED) is 0.871. The summed E-state index contributed by atoms with van der Waals surface area (Å²) in [6.07, 6.45) is 3.38. The minimum atomic E-state index is -0.956. The highest BCUT2D eigenvalue weighted by Gasteiger charge is 2.19. The lowest BCUT2D eigenvalue weighted by Gasteiger charge is -2.19. The number of pyridine rings is 1. The molecule has 2 rings (SSSR count). The molecule has 0 spiro atoms. The number of hydrogen-bond acceptors (Lipinski definition) is 5. The summed E-state index contributed by atoms with van der Waals surface area (Å²) < 4.78 is 1.69. The number of hydrogen-bond donors (Lipinski definition) is 2. The molecule has 0 fully saturated rings. The molecule has 7 nitrogen and oxygen atoms in total. The molecule has 0 aliphatic rings. The van der Waals surface area contributed by atoms with Crippen LogP contribution < -0.4 is 5.32 Å². The fraction of sp³-hybridized carbons (Fsp3) is 0.429. The second kappa shape index (κ2) is 5.90. The van der Waals surface area contributed by atoms with E-state index in [-0.39, 0.29) is 11.0 Å². The predicted molar refractivity (Wildman–Crippen MR) is 78.4 cm³/mol. The number of aromatic nitrogens is 4. The molecule has 112 valence electrons. The van der Waals surface area contributed by atoms with E-state index in [1.807, 2.05) is 20.8 Å². The molecular formula is C14H19N5O2. The molecule has 0 atom stereocenters. The summed E-state index contributed by atoms with van der Waals surface area (Å²) in [6, 6.07) is 3.16. The predicted octanol–water partition coefficient (Wildman–Crippen LogP) is 1.78. The van der Waals surface area contributed by atoms with Crippen molar-refractivity contribution in [2.75, 3.05) is 11.9 Å². The molecule has 21 heavy (non-hydrogen) atoms. The third kappa shape index (κ3) is 4.01. The Labute approximate surface area is 123 Å². The zero-order valence-corrected chi connectivity index (χ0v) is 12.4. The van der Waals surface area contributed by atoms with Gasteiger partial charge in [0.05, 0.1) is 18.3 Å². The van der Waals surface area contributed by atoms with Crippen LogP contribution in [0.1, 0.15) is 36.8 Å². The Morgan fingerprint density at radius 2 is 2.14 bits per heavy atom. The molecule has 0 radical (unpaired) electrons. The maximum Gasteiger partial charge on any atom is 0.335 e. The summed E-state index contributed by atoms with van der Waals surface area (Å²) in [5, 5.41) is 19.9. The Morgan fingerprint density at radius 3 is 2.71 bits per heavy atom. The number of aromatic carboxylic acids is 1. The summed E-state index contributed by atoms with van der Waals surface area (Å²) in [6.45, 7) is 7.22. The second-order valence-electron chi connectivity index (χ2n) is 5.77. The van der Waals surface area contributed by atoms with Crippen molar-refractivity contribution in [1.29, 1.82) is 0 Å². The Bertz CT molecular complexity index is 617. The van der Waals surface area contributed by atoms with Crippen LogP contribution in [0.2, 0.25) is 0 Å². The lowest BCUT2D eigenvalue weighted by atomic mass is 9.91. The molecule has 7 heteroatoms. The summed E-state index contributed by atoms with van der Waals surface area (Å²) in [5.74, 6) is -0.401. The van der Waals surface area contributed by atoms with E-state index in [9.17, 15) is 9.90 Å². The smallest absolute Gasteiger partial charge is 0.335 e. The number of nitrogens with one attached hydrogen (secondary N) is 1. The van der Waals surface area contributed by atoms with Crippen molar-refractivity contribution in [3.63, 3.8) is 0 Å². The van der Waals surface area contributed by atoms with Gasteiger partial charge < -0.3 is 10.4 Å². The average Bonchev–Trinajstić information content (AvgIpc) is 2.90. The highest BCUT2D eigenvalue weighted by atomic mass is 16.4. The lowest BCUT2D eigenvalue weighted by molar-refractivity contribution is 0.0696. The highest BCUT2D eigenvalue weighted by Crippen LogP contribution is 2.23. The van der Waals surface area contributed by atoms with E-state index in [1.54, 1.807) is 29.2 Å². The van der Waals surface area contributed by atoms with Crippen LogP contribution in [-0.4, -0.2) is 37.6 Å². The van der Waals surface area contributed by atoms with Gasteiger partial charge in [0.15, 0.2) is 0 Å². The first-order chi connectivity index (χ1) is 9.86. The maximum atomic E-state index is 11.2. The molecule has 0 aliphatic carbocycles. The third-order valence-corrected chi connectivity index (χ3v) is 2.96. The summed E-state index contributed by atoms with van der Waals surface area (Å²) in [7, 11) is 0.